The number of hydrogen-bond acceptors (Lipinski definition) is 4. The van der Waals surface area contributed by atoms with E-state index in [2.05, 4.69) is 10.6 Å². The fourth-order valence-electron chi connectivity index (χ4n) is 1.77. The van der Waals surface area contributed by atoms with Crippen LogP contribution in [0.4, 0.5) is 10.5 Å². The quantitative estimate of drug-likeness (QED) is 0.790. The number of carbonyl (C=O) groups is 1. The van der Waals surface area contributed by atoms with Gasteiger partial charge < -0.3 is 20.1 Å². The highest BCUT2D eigenvalue weighted by Gasteiger charge is 2.15. The van der Waals surface area contributed by atoms with Gasteiger partial charge in [-0.2, -0.15) is 0 Å². The molecule has 0 spiro atoms. The number of aryl methyl sites for hydroxylation is 1. The number of anilines is 1. The summed E-state index contributed by atoms with van der Waals surface area (Å²) in [5.41, 5.74) is 1.67. The molecule has 1 aromatic rings. The van der Waals surface area contributed by atoms with Gasteiger partial charge in [0.2, 0.25) is 0 Å². The van der Waals surface area contributed by atoms with Gasteiger partial charge in [-0.25, -0.2) is 4.79 Å². The second-order valence-corrected chi connectivity index (χ2v) is 5.77. The van der Waals surface area contributed by atoms with Gasteiger partial charge in [0.15, 0.2) is 0 Å². The second kappa shape index (κ2) is 7.76. The Bertz CT molecular complexity index is 467. The van der Waals surface area contributed by atoms with Gasteiger partial charge >= 0.3 is 6.09 Å². The highest BCUT2D eigenvalue weighted by Crippen LogP contribution is 2.21. The molecule has 0 fully saturated rings. The van der Waals surface area contributed by atoms with E-state index in [1.807, 2.05) is 52.8 Å². The van der Waals surface area contributed by atoms with Crippen molar-refractivity contribution in [3.05, 3.63) is 23.8 Å². The lowest BCUT2D eigenvalue weighted by Gasteiger charge is -2.19. The molecule has 1 aromatic carbocycles. The summed E-state index contributed by atoms with van der Waals surface area (Å²) in [6, 6.07) is 5.90. The lowest BCUT2D eigenvalue weighted by molar-refractivity contribution is 0.0530. The molecule has 0 aliphatic rings. The Labute approximate surface area is 127 Å². The molecule has 0 aliphatic carbocycles. The minimum Gasteiger partial charge on any atom is -0.494 e. The Morgan fingerprint density at radius 2 is 1.95 bits per heavy atom. The monoisotopic (exact) mass is 294 g/mol. The van der Waals surface area contributed by atoms with Gasteiger partial charge in [0.25, 0.3) is 0 Å². The highest BCUT2D eigenvalue weighted by molar-refractivity contribution is 5.67. The van der Waals surface area contributed by atoms with Crippen molar-refractivity contribution in [2.45, 2.75) is 40.2 Å². The Balaban J connectivity index is 2.34. The second-order valence-electron chi connectivity index (χ2n) is 5.77. The molecule has 5 heteroatoms. The van der Waals surface area contributed by atoms with E-state index in [0.717, 1.165) is 17.0 Å². The van der Waals surface area contributed by atoms with Crippen LogP contribution in [-0.4, -0.2) is 31.4 Å². The van der Waals surface area contributed by atoms with E-state index < -0.39 is 11.7 Å². The SMILES string of the molecule is CCOc1ccc(NCCNC(=O)OC(C)(C)C)c(C)c1. The summed E-state index contributed by atoms with van der Waals surface area (Å²) in [7, 11) is 0. The molecule has 0 radical (unpaired) electrons. The van der Waals surface area contributed by atoms with E-state index in [1.165, 1.54) is 0 Å². The molecular formula is C16H26N2O3. The molecule has 21 heavy (non-hydrogen) atoms. The first-order chi connectivity index (χ1) is 9.81. The van der Waals surface area contributed by atoms with Crippen LogP contribution in [-0.2, 0) is 4.74 Å². The van der Waals surface area contributed by atoms with Crippen LogP contribution in [0.5, 0.6) is 5.75 Å². The third-order valence-corrected chi connectivity index (χ3v) is 2.62. The summed E-state index contributed by atoms with van der Waals surface area (Å²) in [5.74, 6) is 0.868. The van der Waals surface area contributed by atoms with Gasteiger partial charge in [-0.1, -0.05) is 0 Å². The Morgan fingerprint density at radius 3 is 2.52 bits per heavy atom. The maximum atomic E-state index is 11.5. The molecule has 1 amide bonds. The average Bonchev–Trinajstić information content (AvgIpc) is 2.35. The molecular weight excluding hydrogens is 268 g/mol. The molecule has 5 nitrogen and oxygen atoms in total. The number of ether oxygens (including phenoxy) is 2. The molecule has 0 bridgehead atoms. The van der Waals surface area contributed by atoms with Crippen molar-refractivity contribution in [3.63, 3.8) is 0 Å². The third-order valence-electron chi connectivity index (χ3n) is 2.62. The first-order valence-corrected chi connectivity index (χ1v) is 7.26. The van der Waals surface area contributed by atoms with Crippen LogP contribution in [0.1, 0.15) is 33.3 Å². The van der Waals surface area contributed by atoms with Crippen LogP contribution in [0.3, 0.4) is 0 Å². The molecule has 118 valence electrons. The molecule has 0 atom stereocenters. The summed E-state index contributed by atoms with van der Waals surface area (Å²) < 4.78 is 10.6. The molecule has 2 N–H and O–H groups in total. The number of hydrogen-bond donors (Lipinski definition) is 2. The van der Waals surface area contributed by atoms with E-state index in [4.69, 9.17) is 9.47 Å². The molecule has 0 aliphatic heterocycles. The highest BCUT2D eigenvalue weighted by atomic mass is 16.6. The lowest BCUT2D eigenvalue weighted by atomic mass is 10.2. The van der Waals surface area contributed by atoms with E-state index >= 15 is 0 Å². The van der Waals surface area contributed by atoms with E-state index in [-0.39, 0.29) is 0 Å². The van der Waals surface area contributed by atoms with Crippen molar-refractivity contribution in [1.29, 1.82) is 0 Å². The van der Waals surface area contributed by atoms with Crippen LogP contribution >= 0.6 is 0 Å². The minimum absolute atomic E-state index is 0.396. The number of rotatable bonds is 6. The largest absolute Gasteiger partial charge is 0.494 e. The van der Waals surface area contributed by atoms with Crippen LogP contribution in [0.2, 0.25) is 0 Å². The van der Waals surface area contributed by atoms with Gasteiger partial charge in [0.1, 0.15) is 11.4 Å². The first kappa shape index (κ1) is 17.1. The number of amides is 1. The summed E-state index contributed by atoms with van der Waals surface area (Å²) in [6.07, 6.45) is -0.396. The molecule has 0 saturated heterocycles. The zero-order chi connectivity index (χ0) is 15.9. The summed E-state index contributed by atoms with van der Waals surface area (Å²) in [5, 5.41) is 5.99. The van der Waals surface area contributed by atoms with Gasteiger partial charge in [-0.05, 0) is 58.4 Å². The van der Waals surface area contributed by atoms with Gasteiger partial charge in [-0.15, -0.1) is 0 Å². The zero-order valence-corrected chi connectivity index (χ0v) is 13.6. The van der Waals surface area contributed by atoms with Crippen molar-refractivity contribution in [3.8, 4) is 5.75 Å². The summed E-state index contributed by atoms with van der Waals surface area (Å²) in [4.78, 5) is 11.5. The summed E-state index contributed by atoms with van der Waals surface area (Å²) >= 11 is 0. The van der Waals surface area contributed by atoms with Crippen LogP contribution in [0.25, 0.3) is 0 Å². The van der Waals surface area contributed by atoms with Gasteiger partial charge in [0, 0.05) is 18.8 Å². The lowest BCUT2D eigenvalue weighted by Crippen LogP contribution is -2.35. The number of carbonyl (C=O) groups excluding carboxylic acids is 1. The van der Waals surface area contributed by atoms with Crippen molar-refractivity contribution in [2.24, 2.45) is 0 Å². The molecule has 0 heterocycles. The molecule has 1 rings (SSSR count). The standard InChI is InChI=1S/C16H26N2O3/c1-6-20-13-7-8-14(12(2)11-13)17-9-10-18-15(19)21-16(3,4)5/h7-8,11,17H,6,9-10H2,1-5H3,(H,18,19). The Kier molecular flexibility index (Phi) is 6.34. The van der Waals surface area contributed by atoms with Gasteiger partial charge in [0.05, 0.1) is 6.61 Å². The maximum absolute atomic E-state index is 11.5. The topological polar surface area (TPSA) is 59.6 Å². The van der Waals surface area contributed by atoms with E-state index in [9.17, 15) is 4.79 Å². The first-order valence-electron chi connectivity index (χ1n) is 7.26. The fourth-order valence-corrected chi connectivity index (χ4v) is 1.77. The number of benzene rings is 1. The normalized spacial score (nSPS) is 10.9. The van der Waals surface area contributed by atoms with E-state index in [1.54, 1.807) is 0 Å². The van der Waals surface area contributed by atoms with Crippen LogP contribution in [0, 0.1) is 6.92 Å². The molecule has 0 aromatic heterocycles. The number of nitrogens with one attached hydrogen (secondary N) is 2. The Morgan fingerprint density at radius 1 is 1.24 bits per heavy atom. The zero-order valence-electron chi connectivity index (χ0n) is 13.6. The van der Waals surface area contributed by atoms with Gasteiger partial charge in [-0.3, -0.25) is 0 Å². The van der Waals surface area contributed by atoms with Crippen LogP contribution < -0.4 is 15.4 Å². The number of alkyl carbamates (subject to hydrolysis) is 1. The average molecular weight is 294 g/mol. The predicted octanol–water partition coefficient (Wildman–Crippen LogP) is 3.33. The molecule has 0 unspecified atom stereocenters. The smallest absolute Gasteiger partial charge is 0.407 e. The summed E-state index contributed by atoms with van der Waals surface area (Å²) in [6.45, 7) is 11.3. The minimum atomic E-state index is -0.469. The fraction of sp³-hybridized carbons (Fsp3) is 0.562. The van der Waals surface area contributed by atoms with E-state index in [0.29, 0.717) is 19.7 Å². The maximum Gasteiger partial charge on any atom is 0.407 e. The molecule has 0 saturated carbocycles. The van der Waals surface area contributed by atoms with Crippen molar-refractivity contribution in [1.82, 2.24) is 5.32 Å². The predicted molar refractivity (Wildman–Crippen MR) is 85.1 cm³/mol. The van der Waals surface area contributed by atoms with Crippen molar-refractivity contribution in [2.75, 3.05) is 25.0 Å². The van der Waals surface area contributed by atoms with Crippen LogP contribution in [0.15, 0.2) is 18.2 Å². The third kappa shape index (κ3) is 6.88. The van der Waals surface area contributed by atoms with Crippen molar-refractivity contribution >= 4 is 11.8 Å². The Hall–Kier alpha value is -1.91. The van der Waals surface area contributed by atoms with Crippen molar-refractivity contribution < 1.29 is 14.3 Å².